The van der Waals surface area contributed by atoms with Crippen molar-refractivity contribution in [2.45, 2.75) is 12.4 Å². The third kappa shape index (κ3) is 3.36. The zero-order valence-electron chi connectivity index (χ0n) is 7.86. The van der Waals surface area contributed by atoms with Gasteiger partial charge in [-0.25, -0.2) is 4.98 Å². The number of carbonyl (C=O) groups excluding carboxylic acids is 1. The van der Waals surface area contributed by atoms with E-state index in [1.54, 1.807) is 0 Å². The summed E-state index contributed by atoms with van der Waals surface area (Å²) in [6.45, 7) is 0. The monoisotopic (exact) mass is 261 g/mol. The molecule has 0 fully saturated rings. The number of carbonyl (C=O) groups is 1. The number of aromatic nitrogens is 2. The van der Waals surface area contributed by atoms with E-state index in [-0.39, 0.29) is 0 Å². The fraction of sp³-hybridized carbons (Fsp3) is 0.429. The summed E-state index contributed by atoms with van der Waals surface area (Å²) in [6.07, 6.45) is -9.23. The topological polar surface area (TPSA) is 57.8 Å². The zero-order chi connectivity index (χ0) is 13.3. The Labute approximate surface area is 90.0 Å². The van der Waals surface area contributed by atoms with Crippen molar-refractivity contribution in [3.8, 4) is 0 Å². The number of nitrogens with one attached hydrogen (secondary N) is 2. The number of hydrogen-bond acceptors (Lipinski definition) is 2. The van der Waals surface area contributed by atoms with Crippen LogP contribution in [0.15, 0.2) is 12.4 Å². The summed E-state index contributed by atoms with van der Waals surface area (Å²) in [5.74, 6) is -6.81. The van der Waals surface area contributed by atoms with Crippen LogP contribution in [0.25, 0.3) is 0 Å². The summed E-state index contributed by atoms with van der Waals surface area (Å²) in [5.41, 5.74) is 0. The Hall–Kier alpha value is -1.74. The molecule has 1 aromatic rings. The lowest BCUT2D eigenvalue weighted by Crippen LogP contribution is -2.45. The van der Waals surface area contributed by atoms with E-state index < -0.39 is 30.1 Å². The van der Waals surface area contributed by atoms with Crippen molar-refractivity contribution < 1.29 is 31.1 Å². The molecule has 1 rings (SSSR count). The van der Waals surface area contributed by atoms with E-state index in [0.29, 0.717) is 0 Å². The van der Waals surface area contributed by atoms with Crippen LogP contribution in [0.5, 0.6) is 0 Å². The van der Waals surface area contributed by atoms with Gasteiger partial charge in [0.2, 0.25) is 17.8 Å². The smallest absolute Gasteiger partial charge is 0.331 e. The molecule has 0 atom stereocenters. The molecule has 0 bridgehead atoms. The number of H-pyrrole nitrogens is 1. The van der Waals surface area contributed by atoms with Gasteiger partial charge in [-0.2, -0.15) is 26.3 Å². The van der Waals surface area contributed by atoms with Gasteiger partial charge in [0.05, 0.1) is 0 Å². The van der Waals surface area contributed by atoms with Crippen LogP contribution in [0.2, 0.25) is 0 Å². The maximum absolute atomic E-state index is 12.1. The van der Waals surface area contributed by atoms with E-state index in [1.165, 1.54) is 5.32 Å². The molecule has 0 aliphatic rings. The highest BCUT2D eigenvalue weighted by molar-refractivity contribution is 5.92. The summed E-state index contributed by atoms with van der Waals surface area (Å²) in [6, 6.07) is 0. The molecule has 2 N–H and O–H groups in total. The highest BCUT2D eigenvalue weighted by Gasteiger charge is 2.61. The van der Waals surface area contributed by atoms with E-state index in [0.717, 1.165) is 12.4 Å². The predicted octanol–water partition coefficient (Wildman–Crippen LogP) is 2.09. The molecule has 0 aliphatic heterocycles. The second kappa shape index (κ2) is 4.26. The summed E-state index contributed by atoms with van der Waals surface area (Å²) in [7, 11) is 0. The molecule has 0 unspecified atom stereocenters. The minimum atomic E-state index is -5.71. The summed E-state index contributed by atoms with van der Waals surface area (Å²) in [5, 5.41) is 1.39. The number of hydrogen-bond donors (Lipinski definition) is 2. The van der Waals surface area contributed by atoms with Crippen LogP contribution >= 0.6 is 0 Å². The first-order valence-electron chi connectivity index (χ1n) is 4.06. The molecule has 0 saturated carbocycles. The molecule has 0 spiro atoms. The third-order valence-electron chi connectivity index (χ3n) is 1.66. The fourth-order valence-electron chi connectivity index (χ4n) is 1.01. The number of alkyl halides is 6. The van der Waals surface area contributed by atoms with Gasteiger partial charge < -0.3 is 4.98 Å². The van der Waals surface area contributed by atoms with Crippen molar-refractivity contribution in [1.82, 2.24) is 9.97 Å². The lowest BCUT2D eigenvalue weighted by atomic mass is 10.1. The Morgan fingerprint density at radius 2 is 1.76 bits per heavy atom. The molecule has 0 saturated heterocycles. The number of nitrogens with zero attached hydrogens (tertiary/aromatic N) is 1. The molecular weight excluding hydrogens is 256 g/mol. The van der Waals surface area contributed by atoms with Crippen molar-refractivity contribution in [3.63, 3.8) is 0 Å². The van der Waals surface area contributed by atoms with E-state index in [2.05, 4.69) is 9.97 Å². The summed E-state index contributed by atoms with van der Waals surface area (Å²) >= 11 is 0. The first kappa shape index (κ1) is 13.3. The van der Waals surface area contributed by atoms with E-state index in [1.807, 2.05) is 0 Å². The molecule has 1 heterocycles. The van der Waals surface area contributed by atoms with Gasteiger partial charge in [0.15, 0.2) is 0 Å². The third-order valence-corrected chi connectivity index (χ3v) is 1.66. The molecule has 4 nitrogen and oxygen atoms in total. The van der Waals surface area contributed by atoms with Gasteiger partial charge in [-0.05, 0) is 0 Å². The molecular formula is C7H5F6N3O. The molecule has 1 aromatic heterocycles. The summed E-state index contributed by atoms with van der Waals surface area (Å²) < 4.78 is 72.5. The number of imidazole rings is 1. The van der Waals surface area contributed by atoms with Gasteiger partial charge in [-0.15, -0.1) is 0 Å². The number of anilines is 1. The molecule has 1 amide bonds. The van der Waals surface area contributed by atoms with Crippen molar-refractivity contribution in [2.24, 2.45) is 5.92 Å². The van der Waals surface area contributed by atoms with Crippen LogP contribution in [0.1, 0.15) is 0 Å². The van der Waals surface area contributed by atoms with Gasteiger partial charge in [0.1, 0.15) is 0 Å². The number of rotatable bonds is 2. The van der Waals surface area contributed by atoms with Crippen LogP contribution in [0, 0.1) is 5.92 Å². The quantitative estimate of drug-likeness (QED) is 0.801. The molecule has 0 aromatic carbocycles. The maximum Gasteiger partial charge on any atom is 0.409 e. The lowest BCUT2D eigenvalue weighted by Gasteiger charge is -2.21. The van der Waals surface area contributed by atoms with Gasteiger partial charge in [-0.1, -0.05) is 0 Å². The Bertz CT molecular complexity index is 367. The zero-order valence-corrected chi connectivity index (χ0v) is 7.86. The lowest BCUT2D eigenvalue weighted by molar-refractivity contribution is -0.272. The molecule has 96 valence electrons. The Kier molecular flexibility index (Phi) is 3.34. The molecule has 17 heavy (non-hydrogen) atoms. The largest absolute Gasteiger partial charge is 0.409 e. The van der Waals surface area contributed by atoms with Gasteiger partial charge in [0, 0.05) is 12.4 Å². The summed E-state index contributed by atoms with van der Waals surface area (Å²) in [4.78, 5) is 16.3. The molecule has 0 radical (unpaired) electrons. The predicted molar refractivity (Wildman–Crippen MR) is 42.8 cm³/mol. The maximum atomic E-state index is 12.1. The van der Waals surface area contributed by atoms with Crippen LogP contribution < -0.4 is 5.32 Å². The van der Waals surface area contributed by atoms with Crippen LogP contribution in [0.3, 0.4) is 0 Å². The number of amides is 1. The van der Waals surface area contributed by atoms with Crippen molar-refractivity contribution in [1.29, 1.82) is 0 Å². The minimum absolute atomic E-state index is 0.492. The number of aromatic amines is 1. The molecule has 0 aliphatic carbocycles. The van der Waals surface area contributed by atoms with Crippen molar-refractivity contribution in [3.05, 3.63) is 12.4 Å². The van der Waals surface area contributed by atoms with Crippen LogP contribution in [0.4, 0.5) is 32.3 Å². The van der Waals surface area contributed by atoms with E-state index in [4.69, 9.17) is 0 Å². The van der Waals surface area contributed by atoms with Gasteiger partial charge >= 0.3 is 12.4 Å². The second-order valence-electron chi connectivity index (χ2n) is 2.94. The first-order valence-corrected chi connectivity index (χ1v) is 4.06. The minimum Gasteiger partial charge on any atom is -0.331 e. The highest BCUT2D eigenvalue weighted by Crippen LogP contribution is 2.39. The van der Waals surface area contributed by atoms with Crippen LogP contribution in [-0.4, -0.2) is 28.2 Å². The SMILES string of the molecule is O=C(Nc1ncc[nH]1)C(C(F)(F)F)C(F)(F)F. The Morgan fingerprint density at radius 3 is 2.12 bits per heavy atom. The first-order chi connectivity index (χ1) is 7.62. The standard InChI is InChI=1S/C7H5F6N3O/c8-6(9,10)3(7(11,12)13)4(17)16-5-14-1-2-15-5/h1-3H,(H2,14,15,16,17). The van der Waals surface area contributed by atoms with Crippen LogP contribution in [-0.2, 0) is 4.79 Å². The van der Waals surface area contributed by atoms with E-state index >= 15 is 0 Å². The van der Waals surface area contributed by atoms with Crippen molar-refractivity contribution in [2.75, 3.05) is 5.32 Å². The molecule has 10 heteroatoms. The van der Waals surface area contributed by atoms with Gasteiger partial charge in [0.25, 0.3) is 0 Å². The van der Waals surface area contributed by atoms with E-state index in [9.17, 15) is 31.1 Å². The van der Waals surface area contributed by atoms with Crippen molar-refractivity contribution >= 4 is 11.9 Å². The Balaban J connectivity index is 2.89. The van der Waals surface area contributed by atoms with Gasteiger partial charge in [-0.3, -0.25) is 10.1 Å². The Morgan fingerprint density at radius 1 is 1.24 bits per heavy atom. The second-order valence-corrected chi connectivity index (χ2v) is 2.94. The normalized spacial score (nSPS) is 12.9. The average molecular weight is 261 g/mol. The fourth-order valence-corrected chi connectivity index (χ4v) is 1.01. The highest BCUT2D eigenvalue weighted by atomic mass is 19.4. The average Bonchev–Trinajstić information content (AvgIpc) is 2.49. The number of halogens is 6.